The number of aliphatic hydroxyl groups excluding tert-OH is 1. The lowest BCUT2D eigenvalue weighted by Crippen LogP contribution is -2.12. The van der Waals surface area contributed by atoms with Crippen LogP contribution >= 0.6 is 0 Å². The van der Waals surface area contributed by atoms with E-state index < -0.39 is 0 Å². The van der Waals surface area contributed by atoms with E-state index in [0.29, 0.717) is 5.92 Å². The molecule has 1 aromatic rings. The van der Waals surface area contributed by atoms with E-state index in [1.807, 2.05) is 26.0 Å². The Labute approximate surface area is 104 Å². The molecule has 0 aliphatic heterocycles. The first kappa shape index (κ1) is 12.6. The van der Waals surface area contributed by atoms with Gasteiger partial charge >= 0.3 is 0 Å². The molecule has 94 valence electrons. The number of hydrogen-bond acceptors (Lipinski definition) is 2. The molecule has 2 heteroatoms. The van der Waals surface area contributed by atoms with E-state index in [1.165, 1.54) is 38.5 Å². The molecule has 1 unspecified atom stereocenters. The number of pyridine rings is 1. The predicted molar refractivity (Wildman–Crippen MR) is 69.9 cm³/mol. The lowest BCUT2D eigenvalue weighted by Gasteiger charge is -2.22. The van der Waals surface area contributed by atoms with Gasteiger partial charge in [0, 0.05) is 11.4 Å². The van der Waals surface area contributed by atoms with E-state index in [2.05, 4.69) is 4.98 Å². The molecule has 0 amide bonds. The minimum atomic E-state index is -0.298. The summed E-state index contributed by atoms with van der Waals surface area (Å²) < 4.78 is 0. The molecule has 0 aromatic carbocycles. The van der Waals surface area contributed by atoms with E-state index in [0.717, 1.165) is 17.0 Å². The van der Waals surface area contributed by atoms with Crippen LogP contribution in [0.1, 0.15) is 61.6 Å². The minimum Gasteiger partial charge on any atom is -0.388 e. The predicted octanol–water partition coefficient (Wildman–Crippen LogP) is 3.70. The summed E-state index contributed by atoms with van der Waals surface area (Å²) in [7, 11) is 0. The average molecular weight is 233 g/mol. The fourth-order valence-corrected chi connectivity index (χ4v) is 2.94. The van der Waals surface area contributed by atoms with Crippen LogP contribution in [0, 0.1) is 19.8 Å². The zero-order chi connectivity index (χ0) is 12.3. The Morgan fingerprint density at radius 1 is 1.06 bits per heavy atom. The fourth-order valence-electron chi connectivity index (χ4n) is 2.94. The van der Waals surface area contributed by atoms with Crippen molar-refractivity contribution in [1.29, 1.82) is 0 Å². The van der Waals surface area contributed by atoms with Crippen LogP contribution < -0.4 is 0 Å². The van der Waals surface area contributed by atoms with Gasteiger partial charge in [-0.2, -0.15) is 0 Å². The van der Waals surface area contributed by atoms with Crippen LogP contribution in [-0.4, -0.2) is 10.1 Å². The third kappa shape index (κ3) is 3.29. The summed E-state index contributed by atoms with van der Waals surface area (Å²) in [5, 5.41) is 10.5. The largest absolute Gasteiger partial charge is 0.388 e. The molecule has 1 aliphatic carbocycles. The third-order valence-electron chi connectivity index (χ3n) is 3.79. The molecular formula is C15H23NO. The van der Waals surface area contributed by atoms with Crippen molar-refractivity contribution in [3.63, 3.8) is 0 Å². The highest BCUT2D eigenvalue weighted by atomic mass is 16.3. The molecule has 1 saturated carbocycles. The Balaban J connectivity index is 2.14. The van der Waals surface area contributed by atoms with Crippen LogP contribution in [0.5, 0.6) is 0 Å². The van der Waals surface area contributed by atoms with Crippen molar-refractivity contribution in [3.8, 4) is 0 Å². The normalized spacial score (nSPS) is 19.9. The molecule has 2 rings (SSSR count). The third-order valence-corrected chi connectivity index (χ3v) is 3.79. The van der Waals surface area contributed by atoms with Crippen molar-refractivity contribution in [2.24, 2.45) is 5.92 Å². The second kappa shape index (κ2) is 5.63. The summed E-state index contributed by atoms with van der Waals surface area (Å²) in [6.45, 7) is 3.99. The number of aliphatic hydroxyl groups is 1. The maximum Gasteiger partial charge on any atom is 0.0819 e. The van der Waals surface area contributed by atoms with Gasteiger partial charge in [0.15, 0.2) is 0 Å². The van der Waals surface area contributed by atoms with Crippen LogP contribution in [0.2, 0.25) is 0 Å². The Hall–Kier alpha value is -0.890. The summed E-state index contributed by atoms with van der Waals surface area (Å²) in [6.07, 6.45) is 7.24. The highest BCUT2D eigenvalue weighted by molar-refractivity contribution is 5.23. The van der Waals surface area contributed by atoms with Crippen molar-refractivity contribution in [3.05, 3.63) is 29.1 Å². The zero-order valence-corrected chi connectivity index (χ0v) is 10.9. The van der Waals surface area contributed by atoms with Crippen LogP contribution in [0.4, 0.5) is 0 Å². The molecule has 1 fully saturated rings. The Bertz CT molecular complexity index is 347. The summed E-state index contributed by atoms with van der Waals surface area (Å²) in [5.41, 5.74) is 3.07. The maximum absolute atomic E-state index is 10.5. The van der Waals surface area contributed by atoms with Crippen molar-refractivity contribution in [2.45, 2.75) is 58.5 Å². The van der Waals surface area contributed by atoms with E-state index in [4.69, 9.17) is 0 Å². The number of aromatic nitrogens is 1. The molecule has 1 aliphatic rings. The summed E-state index contributed by atoms with van der Waals surface area (Å²) in [4.78, 5) is 4.37. The minimum absolute atomic E-state index is 0.298. The zero-order valence-electron chi connectivity index (χ0n) is 10.9. The van der Waals surface area contributed by atoms with Crippen LogP contribution in [0.15, 0.2) is 12.1 Å². The van der Waals surface area contributed by atoms with Crippen LogP contribution in [0.3, 0.4) is 0 Å². The molecule has 0 saturated heterocycles. The van der Waals surface area contributed by atoms with Gasteiger partial charge in [-0.1, -0.05) is 25.7 Å². The van der Waals surface area contributed by atoms with E-state index >= 15 is 0 Å². The number of aryl methyl sites for hydroxylation is 2. The second-order valence-corrected chi connectivity index (χ2v) is 5.38. The van der Waals surface area contributed by atoms with Crippen LogP contribution in [0.25, 0.3) is 0 Å². The van der Waals surface area contributed by atoms with Gasteiger partial charge in [0.1, 0.15) is 0 Å². The standard InChI is InChI=1S/C15H23NO/c1-11-9-14(10-12(2)16-11)15(17)13-7-5-3-4-6-8-13/h9-10,13,15,17H,3-8H2,1-2H3. The Morgan fingerprint density at radius 3 is 2.12 bits per heavy atom. The number of nitrogens with zero attached hydrogens (tertiary/aromatic N) is 1. The van der Waals surface area contributed by atoms with Gasteiger partial charge in [-0.15, -0.1) is 0 Å². The van der Waals surface area contributed by atoms with Gasteiger partial charge in [0.2, 0.25) is 0 Å². The summed E-state index contributed by atoms with van der Waals surface area (Å²) >= 11 is 0. The van der Waals surface area contributed by atoms with E-state index in [-0.39, 0.29) is 6.10 Å². The van der Waals surface area contributed by atoms with Crippen LogP contribution in [-0.2, 0) is 0 Å². The summed E-state index contributed by atoms with van der Waals surface area (Å²) in [5.74, 6) is 0.443. The van der Waals surface area contributed by atoms with Crippen molar-refractivity contribution in [2.75, 3.05) is 0 Å². The SMILES string of the molecule is Cc1cc(C(O)C2CCCCCC2)cc(C)n1. The quantitative estimate of drug-likeness (QED) is 0.790. The topological polar surface area (TPSA) is 33.1 Å². The lowest BCUT2D eigenvalue weighted by molar-refractivity contribution is 0.0986. The average Bonchev–Trinajstić information content (AvgIpc) is 2.55. The first-order valence-electron chi connectivity index (χ1n) is 6.80. The van der Waals surface area contributed by atoms with Gasteiger partial charge < -0.3 is 5.11 Å². The second-order valence-electron chi connectivity index (χ2n) is 5.38. The smallest absolute Gasteiger partial charge is 0.0819 e. The van der Waals surface area contributed by atoms with E-state index in [9.17, 15) is 5.11 Å². The van der Waals surface area contributed by atoms with Gasteiger partial charge in [-0.05, 0) is 50.3 Å². The number of rotatable bonds is 2. The molecule has 0 bridgehead atoms. The lowest BCUT2D eigenvalue weighted by atomic mass is 9.89. The van der Waals surface area contributed by atoms with E-state index in [1.54, 1.807) is 0 Å². The van der Waals surface area contributed by atoms with Gasteiger partial charge in [0.05, 0.1) is 6.10 Å². The summed E-state index contributed by atoms with van der Waals surface area (Å²) in [6, 6.07) is 4.06. The Morgan fingerprint density at radius 2 is 1.59 bits per heavy atom. The highest BCUT2D eigenvalue weighted by Gasteiger charge is 2.22. The molecule has 2 nitrogen and oxygen atoms in total. The van der Waals surface area contributed by atoms with Gasteiger partial charge in [-0.25, -0.2) is 0 Å². The highest BCUT2D eigenvalue weighted by Crippen LogP contribution is 2.33. The molecule has 1 aromatic heterocycles. The van der Waals surface area contributed by atoms with Crippen molar-refractivity contribution in [1.82, 2.24) is 4.98 Å². The fraction of sp³-hybridized carbons (Fsp3) is 0.667. The molecule has 1 N–H and O–H groups in total. The maximum atomic E-state index is 10.5. The molecule has 1 heterocycles. The first-order chi connectivity index (χ1) is 8.16. The molecule has 1 atom stereocenters. The monoisotopic (exact) mass is 233 g/mol. The molecule has 17 heavy (non-hydrogen) atoms. The molecule has 0 spiro atoms. The van der Waals surface area contributed by atoms with Gasteiger partial charge in [-0.3, -0.25) is 4.98 Å². The molecular weight excluding hydrogens is 210 g/mol. The Kier molecular flexibility index (Phi) is 4.16. The van der Waals surface area contributed by atoms with Gasteiger partial charge in [0.25, 0.3) is 0 Å². The van der Waals surface area contributed by atoms with Crippen molar-refractivity contribution >= 4 is 0 Å². The molecule has 0 radical (unpaired) electrons. The van der Waals surface area contributed by atoms with Crippen molar-refractivity contribution < 1.29 is 5.11 Å². The first-order valence-corrected chi connectivity index (χ1v) is 6.80. The number of hydrogen-bond donors (Lipinski definition) is 1.